The lowest BCUT2D eigenvalue weighted by Crippen LogP contribution is -2.53. The highest BCUT2D eigenvalue weighted by Crippen LogP contribution is 2.04. The van der Waals surface area contributed by atoms with Gasteiger partial charge in [0.25, 0.3) is 0 Å². The molecule has 90 valence electrons. The molecule has 0 aliphatic carbocycles. The molecule has 0 rings (SSSR count). The van der Waals surface area contributed by atoms with E-state index in [4.69, 9.17) is 26.2 Å². The predicted molar refractivity (Wildman–Crippen MR) is 49.8 cm³/mol. The van der Waals surface area contributed by atoms with Gasteiger partial charge in [-0.25, -0.2) is 0 Å². The van der Waals surface area contributed by atoms with Gasteiger partial charge in [-0.1, -0.05) is 0 Å². The van der Waals surface area contributed by atoms with Crippen molar-refractivity contribution in [3.05, 3.63) is 0 Å². The van der Waals surface area contributed by atoms with Gasteiger partial charge in [-0.3, -0.25) is 4.79 Å². The van der Waals surface area contributed by atoms with Crippen molar-refractivity contribution in [2.45, 2.75) is 37.4 Å². The summed E-state index contributed by atoms with van der Waals surface area (Å²) in [6.45, 7) is 0.458. The molecule has 0 saturated heterocycles. The Kier molecular flexibility index (Phi) is 5.88. The Hall–Kier alpha value is -0.570. The number of carbonyl (C=O) groups excluding carboxylic acids is 1. The molecule has 7 heteroatoms. The summed E-state index contributed by atoms with van der Waals surface area (Å²) >= 11 is 0. The average Bonchev–Trinajstić information content (AvgIpc) is 2.23. The van der Waals surface area contributed by atoms with E-state index in [2.05, 4.69) is 0 Å². The minimum atomic E-state index is -1.92. The molecule has 0 heterocycles. The van der Waals surface area contributed by atoms with Crippen molar-refractivity contribution in [3.63, 3.8) is 0 Å². The van der Waals surface area contributed by atoms with Gasteiger partial charge >= 0.3 is 0 Å². The molecular weight excluding hydrogens is 206 g/mol. The van der Waals surface area contributed by atoms with Crippen molar-refractivity contribution in [1.29, 1.82) is 0 Å². The van der Waals surface area contributed by atoms with Gasteiger partial charge in [0.05, 0.1) is 18.8 Å². The number of carbonyl (C=O) groups is 1. The highest BCUT2D eigenvalue weighted by atomic mass is 16.4. The summed E-state index contributed by atoms with van der Waals surface area (Å²) in [4.78, 5) is 11.2. The minimum Gasteiger partial charge on any atom is -0.394 e. The van der Waals surface area contributed by atoms with Crippen LogP contribution in [-0.4, -0.2) is 68.4 Å². The highest BCUT2D eigenvalue weighted by Gasteiger charge is 2.34. The standard InChI is InChI=1S/C8H17NO6/c1-3(11)5(9)7(14)8(15)6(13)4(12)2-10/h3-7,10-14H,2,9H2,1H3. The van der Waals surface area contributed by atoms with Gasteiger partial charge in [-0.2, -0.15) is 0 Å². The van der Waals surface area contributed by atoms with Gasteiger partial charge < -0.3 is 31.3 Å². The Bertz CT molecular complexity index is 209. The number of hydrogen-bond donors (Lipinski definition) is 6. The molecular formula is C8H17NO6. The monoisotopic (exact) mass is 223 g/mol. The molecule has 0 aliphatic rings. The molecule has 5 atom stereocenters. The number of Topliss-reactive ketones (excluding diaryl/α,β-unsaturated/α-hetero) is 1. The molecule has 15 heavy (non-hydrogen) atoms. The normalized spacial score (nSPS) is 21.5. The summed E-state index contributed by atoms with van der Waals surface area (Å²) in [5.74, 6) is -1.13. The molecule has 0 amide bonds. The van der Waals surface area contributed by atoms with Crippen LogP contribution in [0.25, 0.3) is 0 Å². The van der Waals surface area contributed by atoms with Crippen LogP contribution in [0.3, 0.4) is 0 Å². The smallest absolute Gasteiger partial charge is 0.194 e. The molecule has 7 N–H and O–H groups in total. The number of aliphatic hydroxyl groups excluding tert-OH is 5. The molecule has 5 unspecified atom stereocenters. The lowest BCUT2D eigenvalue weighted by atomic mass is 9.97. The average molecular weight is 223 g/mol. The van der Waals surface area contributed by atoms with Gasteiger partial charge in [-0.15, -0.1) is 0 Å². The molecule has 0 spiro atoms. The zero-order valence-electron chi connectivity index (χ0n) is 8.32. The summed E-state index contributed by atoms with van der Waals surface area (Å²) in [6.07, 6.45) is -6.52. The van der Waals surface area contributed by atoms with Crippen LogP contribution in [0.1, 0.15) is 6.92 Å². The third-order valence-electron chi connectivity index (χ3n) is 2.06. The van der Waals surface area contributed by atoms with Crippen LogP contribution in [0, 0.1) is 0 Å². The van der Waals surface area contributed by atoms with Gasteiger partial charge in [0, 0.05) is 0 Å². The first-order valence-electron chi connectivity index (χ1n) is 4.45. The number of aliphatic hydroxyl groups is 5. The van der Waals surface area contributed by atoms with Gasteiger partial charge in [0.2, 0.25) is 0 Å². The summed E-state index contributed by atoms with van der Waals surface area (Å²) in [7, 11) is 0. The predicted octanol–water partition coefficient (Wildman–Crippen LogP) is -3.66. The van der Waals surface area contributed by atoms with Gasteiger partial charge in [0.15, 0.2) is 5.78 Å². The van der Waals surface area contributed by atoms with E-state index in [1.165, 1.54) is 6.92 Å². The second kappa shape index (κ2) is 6.11. The minimum absolute atomic E-state index is 0.816. The number of hydrogen-bond acceptors (Lipinski definition) is 7. The van der Waals surface area contributed by atoms with E-state index in [1.54, 1.807) is 0 Å². The molecule has 0 aromatic heterocycles. The largest absolute Gasteiger partial charge is 0.394 e. The van der Waals surface area contributed by atoms with E-state index in [1.807, 2.05) is 0 Å². The van der Waals surface area contributed by atoms with Crippen molar-refractivity contribution in [3.8, 4) is 0 Å². The SMILES string of the molecule is CC(O)C(N)C(O)C(=O)C(O)C(O)CO. The van der Waals surface area contributed by atoms with Gasteiger partial charge in [0.1, 0.15) is 18.3 Å². The van der Waals surface area contributed by atoms with Crippen LogP contribution in [0.15, 0.2) is 0 Å². The van der Waals surface area contributed by atoms with Crippen LogP contribution < -0.4 is 5.73 Å². The molecule has 0 aromatic carbocycles. The fraction of sp³-hybridized carbons (Fsp3) is 0.875. The summed E-state index contributed by atoms with van der Waals surface area (Å²) < 4.78 is 0. The molecule has 0 saturated carbocycles. The number of ketones is 1. The molecule has 0 radical (unpaired) electrons. The molecule has 0 fully saturated rings. The van der Waals surface area contributed by atoms with Crippen molar-refractivity contribution < 1.29 is 30.3 Å². The zero-order valence-corrected chi connectivity index (χ0v) is 8.32. The third-order valence-corrected chi connectivity index (χ3v) is 2.06. The summed E-state index contributed by atoms with van der Waals surface area (Å²) in [6, 6.07) is -1.25. The molecule has 7 nitrogen and oxygen atoms in total. The maximum Gasteiger partial charge on any atom is 0.194 e. The maximum absolute atomic E-state index is 11.2. The first-order valence-corrected chi connectivity index (χ1v) is 4.45. The summed E-state index contributed by atoms with van der Waals surface area (Å²) in [5, 5.41) is 44.8. The quantitative estimate of drug-likeness (QED) is 0.272. The van der Waals surface area contributed by atoms with Crippen molar-refractivity contribution >= 4 is 5.78 Å². The Labute approximate surface area is 86.8 Å². The highest BCUT2D eigenvalue weighted by molar-refractivity contribution is 5.88. The van der Waals surface area contributed by atoms with Crippen LogP contribution in [0.4, 0.5) is 0 Å². The van der Waals surface area contributed by atoms with Crippen LogP contribution >= 0.6 is 0 Å². The van der Waals surface area contributed by atoms with E-state index in [0.717, 1.165) is 0 Å². The van der Waals surface area contributed by atoms with Crippen LogP contribution in [-0.2, 0) is 4.79 Å². The Balaban J connectivity index is 4.43. The lowest BCUT2D eigenvalue weighted by molar-refractivity contribution is -0.145. The summed E-state index contributed by atoms with van der Waals surface area (Å²) in [5.41, 5.74) is 5.26. The van der Waals surface area contributed by atoms with Crippen LogP contribution in [0.2, 0.25) is 0 Å². The van der Waals surface area contributed by atoms with E-state index in [-0.39, 0.29) is 0 Å². The van der Waals surface area contributed by atoms with E-state index in [0.29, 0.717) is 0 Å². The van der Waals surface area contributed by atoms with Crippen molar-refractivity contribution in [2.75, 3.05) is 6.61 Å². The Morgan fingerprint density at radius 2 is 1.67 bits per heavy atom. The molecule has 0 aromatic rings. The topological polar surface area (TPSA) is 144 Å². The second-order valence-corrected chi connectivity index (χ2v) is 3.36. The maximum atomic E-state index is 11.2. The number of nitrogens with two attached hydrogens (primary N) is 1. The first kappa shape index (κ1) is 14.4. The van der Waals surface area contributed by atoms with Gasteiger partial charge in [-0.05, 0) is 6.92 Å². The lowest BCUT2D eigenvalue weighted by Gasteiger charge is -2.23. The van der Waals surface area contributed by atoms with Crippen molar-refractivity contribution in [2.24, 2.45) is 5.73 Å². The van der Waals surface area contributed by atoms with Crippen LogP contribution in [0.5, 0.6) is 0 Å². The zero-order chi connectivity index (χ0) is 12.2. The number of rotatable bonds is 6. The fourth-order valence-corrected chi connectivity index (χ4v) is 0.918. The molecule has 0 bridgehead atoms. The van der Waals surface area contributed by atoms with E-state index >= 15 is 0 Å². The Morgan fingerprint density at radius 3 is 2.00 bits per heavy atom. The Morgan fingerprint density at radius 1 is 1.20 bits per heavy atom. The molecule has 0 aliphatic heterocycles. The second-order valence-electron chi connectivity index (χ2n) is 3.36. The fourth-order valence-electron chi connectivity index (χ4n) is 0.918. The van der Waals surface area contributed by atoms with E-state index < -0.39 is 42.8 Å². The third kappa shape index (κ3) is 3.82. The first-order chi connectivity index (χ1) is 6.82. The van der Waals surface area contributed by atoms with Crippen molar-refractivity contribution in [1.82, 2.24) is 0 Å². The van der Waals surface area contributed by atoms with E-state index in [9.17, 15) is 9.90 Å².